The third kappa shape index (κ3) is 4.59. The van der Waals surface area contributed by atoms with Crippen molar-refractivity contribution in [2.75, 3.05) is 11.9 Å². The Kier molecular flexibility index (Phi) is 5.46. The van der Waals surface area contributed by atoms with Gasteiger partial charge in [0.2, 0.25) is 0 Å². The van der Waals surface area contributed by atoms with Gasteiger partial charge >= 0.3 is 5.97 Å². The van der Waals surface area contributed by atoms with Gasteiger partial charge in [-0.1, -0.05) is 12.1 Å². The van der Waals surface area contributed by atoms with Crippen molar-refractivity contribution >= 4 is 28.5 Å². The number of aromatic amines is 1. The topological polar surface area (TPSA) is 133 Å². The van der Waals surface area contributed by atoms with Gasteiger partial charge in [-0.2, -0.15) is 5.10 Å². The molecule has 4 aromatic rings. The Labute approximate surface area is 175 Å². The van der Waals surface area contributed by atoms with E-state index in [0.29, 0.717) is 33.9 Å². The number of rotatable bonds is 7. The molecule has 1 unspecified atom stereocenters. The molecule has 9 nitrogen and oxygen atoms in total. The zero-order valence-corrected chi connectivity index (χ0v) is 16.3. The molecule has 2 aromatic heterocycles. The molecule has 0 saturated heterocycles. The summed E-state index contributed by atoms with van der Waals surface area (Å²) in [6.45, 7) is 1.35. The van der Waals surface area contributed by atoms with Crippen LogP contribution in [-0.4, -0.2) is 43.0 Å². The molecule has 0 saturated carbocycles. The van der Waals surface area contributed by atoms with Crippen molar-refractivity contribution in [3.63, 3.8) is 0 Å². The molecule has 1 atom stereocenters. The number of hydrogen-bond acceptors (Lipinski definition) is 7. The minimum atomic E-state index is -1.21. The SMILES string of the molecule is Cc1cc(Nc2nc(C(O)c3ccc(F)cc3)nc3cc(OCC(=O)O)ccc23)n[nH]1. The highest BCUT2D eigenvalue weighted by Gasteiger charge is 2.18. The number of ether oxygens (including phenoxy) is 1. The van der Waals surface area contributed by atoms with E-state index < -0.39 is 24.5 Å². The van der Waals surface area contributed by atoms with Crippen molar-refractivity contribution in [1.82, 2.24) is 20.2 Å². The lowest BCUT2D eigenvalue weighted by Gasteiger charge is -2.14. The first-order valence-electron chi connectivity index (χ1n) is 9.28. The fourth-order valence-electron chi connectivity index (χ4n) is 2.98. The van der Waals surface area contributed by atoms with Crippen LogP contribution >= 0.6 is 0 Å². The second-order valence-corrected chi connectivity index (χ2v) is 6.81. The van der Waals surface area contributed by atoms with Gasteiger partial charge in [0.1, 0.15) is 23.5 Å². The molecule has 4 N–H and O–H groups in total. The van der Waals surface area contributed by atoms with Crippen molar-refractivity contribution in [3.05, 3.63) is 71.4 Å². The highest BCUT2D eigenvalue weighted by molar-refractivity contribution is 5.91. The van der Waals surface area contributed by atoms with Crippen LogP contribution in [0.5, 0.6) is 5.75 Å². The Hall–Kier alpha value is -4.05. The highest BCUT2D eigenvalue weighted by atomic mass is 19.1. The van der Waals surface area contributed by atoms with Crippen LogP contribution in [0, 0.1) is 12.7 Å². The number of fused-ring (bicyclic) bond motifs is 1. The first kappa shape index (κ1) is 20.2. The molecule has 0 amide bonds. The average Bonchev–Trinajstić information content (AvgIpc) is 3.16. The summed E-state index contributed by atoms with van der Waals surface area (Å²) in [5.41, 5.74) is 1.68. The van der Waals surface area contributed by atoms with Crippen LogP contribution in [-0.2, 0) is 4.79 Å². The van der Waals surface area contributed by atoms with Gasteiger partial charge in [-0.3, -0.25) is 5.10 Å². The lowest BCUT2D eigenvalue weighted by atomic mass is 10.1. The molecule has 4 rings (SSSR count). The van der Waals surface area contributed by atoms with Crippen LogP contribution in [0.1, 0.15) is 23.2 Å². The third-order valence-corrected chi connectivity index (χ3v) is 4.43. The Balaban J connectivity index is 1.78. The highest BCUT2D eigenvalue weighted by Crippen LogP contribution is 2.30. The van der Waals surface area contributed by atoms with Crippen LogP contribution in [0.2, 0.25) is 0 Å². The number of aryl methyl sites for hydroxylation is 1. The summed E-state index contributed by atoms with van der Waals surface area (Å²) < 4.78 is 18.5. The number of nitrogens with zero attached hydrogens (tertiary/aromatic N) is 3. The van der Waals surface area contributed by atoms with Gasteiger partial charge in [0, 0.05) is 23.2 Å². The number of anilines is 2. The monoisotopic (exact) mass is 423 g/mol. The van der Waals surface area contributed by atoms with Gasteiger partial charge in [-0.15, -0.1) is 0 Å². The van der Waals surface area contributed by atoms with Crippen LogP contribution < -0.4 is 10.1 Å². The number of aliphatic carboxylic acids is 1. The number of carbonyl (C=O) groups is 1. The zero-order chi connectivity index (χ0) is 22.0. The molecule has 0 fully saturated rings. The number of hydrogen-bond donors (Lipinski definition) is 4. The summed E-state index contributed by atoms with van der Waals surface area (Å²) in [4.78, 5) is 19.7. The Morgan fingerprint density at radius 1 is 1.19 bits per heavy atom. The first-order valence-corrected chi connectivity index (χ1v) is 9.28. The number of halogens is 1. The number of nitrogens with one attached hydrogen (secondary N) is 2. The van der Waals surface area contributed by atoms with Crippen molar-refractivity contribution < 1.29 is 24.1 Å². The Morgan fingerprint density at radius 3 is 2.65 bits per heavy atom. The molecule has 0 spiro atoms. The van der Waals surface area contributed by atoms with Gasteiger partial charge in [0.05, 0.1) is 5.52 Å². The zero-order valence-electron chi connectivity index (χ0n) is 16.3. The van der Waals surface area contributed by atoms with Crippen LogP contribution in [0.4, 0.5) is 16.0 Å². The predicted molar refractivity (Wildman–Crippen MR) is 110 cm³/mol. The molecule has 2 heterocycles. The number of benzene rings is 2. The predicted octanol–water partition coefficient (Wildman–Crippen LogP) is 3.09. The van der Waals surface area contributed by atoms with Gasteiger partial charge in [-0.05, 0) is 36.8 Å². The number of carboxylic acids is 1. The number of aliphatic hydroxyl groups excluding tert-OH is 1. The van der Waals surface area contributed by atoms with Crippen molar-refractivity contribution in [2.24, 2.45) is 0 Å². The molecule has 0 aliphatic heterocycles. The summed E-state index contributed by atoms with van der Waals surface area (Å²) in [5.74, 6) is -0.247. The maximum Gasteiger partial charge on any atom is 0.341 e. The van der Waals surface area contributed by atoms with Crippen molar-refractivity contribution in [1.29, 1.82) is 0 Å². The smallest absolute Gasteiger partial charge is 0.341 e. The first-order chi connectivity index (χ1) is 14.9. The summed E-state index contributed by atoms with van der Waals surface area (Å²) in [6.07, 6.45) is -1.21. The van der Waals surface area contributed by atoms with Crippen molar-refractivity contribution in [2.45, 2.75) is 13.0 Å². The fraction of sp³-hybridized carbons (Fsp3) is 0.143. The van der Waals surface area contributed by atoms with E-state index in [9.17, 15) is 14.3 Å². The molecule has 0 radical (unpaired) electrons. The van der Waals surface area contributed by atoms with Crippen molar-refractivity contribution in [3.8, 4) is 5.75 Å². The normalized spacial score (nSPS) is 12.0. The second-order valence-electron chi connectivity index (χ2n) is 6.81. The summed E-state index contributed by atoms with van der Waals surface area (Å²) in [6, 6.07) is 12.0. The molecule has 31 heavy (non-hydrogen) atoms. The van der Waals surface area contributed by atoms with Gasteiger partial charge in [0.15, 0.2) is 18.2 Å². The lowest BCUT2D eigenvalue weighted by molar-refractivity contribution is -0.139. The van der Waals surface area contributed by atoms with Gasteiger partial charge in [-0.25, -0.2) is 19.2 Å². The molecular formula is C21H18FN5O4. The van der Waals surface area contributed by atoms with E-state index in [0.717, 1.165) is 5.69 Å². The minimum Gasteiger partial charge on any atom is -0.482 e. The van der Waals surface area contributed by atoms with E-state index in [1.54, 1.807) is 24.3 Å². The Bertz CT molecular complexity index is 1240. The standard InChI is InChI=1S/C21H18FN5O4/c1-11-8-17(27-26-11)24-20-15-7-6-14(31-10-18(28)29)9-16(15)23-21(25-20)19(30)12-2-4-13(22)5-3-12/h2-9,19,30H,10H2,1H3,(H,28,29)(H2,23,24,25,26,27). The molecule has 0 bridgehead atoms. The minimum absolute atomic E-state index is 0.0734. The third-order valence-electron chi connectivity index (χ3n) is 4.43. The lowest BCUT2D eigenvalue weighted by Crippen LogP contribution is -2.10. The number of aliphatic hydroxyl groups is 1. The van der Waals surface area contributed by atoms with Gasteiger partial charge < -0.3 is 20.3 Å². The van der Waals surface area contributed by atoms with E-state index in [1.807, 2.05) is 6.92 Å². The number of carboxylic acid groups (broad SMARTS) is 1. The number of aromatic nitrogens is 4. The van der Waals surface area contributed by atoms with E-state index in [1.165, 1.54) is 24.3 Å². The Morgan fingerprint density at radius 2 is 1.97 bits per heavy atom. The maximum absolute atomic E-state index is 13.3. The summed E-state index contributed by atoms with van der Waals surface area (Å²) in [7, 11) is 0. The summed E-state index contributed by atoms with van der Waals surface area (Å²) in [5, 5.41) is 30.3. The molecule has 0 aliphatic rings. The molecule has 0 aliphatic carbocycles. The molecular weight excluding hydrogens is 405 g/mol. The summed E-state index contributed by atoms with van der Waals surface area (Å²) >= 11 is 0. The van der Waals surface area contributed by atoms with Crippen LogP contribution in [0.15, 0.2) is 48.5 Å². The fourth-order valence-corrected chi connectivity index (χ4v) is 2.98. The molecule has 158 valence electrons. The second kappa shape index (κ2) is 8.36. The van der Waals surface area contributed by atoms with E-state index in [-0.39, 0.29) is 5.82 Å². The van der Waals surface area contributed by atoms with E-state index in [2.05, 4.69) is 25.5 Å². The van der Waals surface area contributed by atoms with E-state index >= 15 is 0 Å². The largest absolute Gasteiger partial charge is 0.482 e. The van der Waals surface area contributed by atoms with Crippen LogP contribution in [0.25, 0.3) is 10.9 Å². The molecule has 10 heteroatoms. The van der Waals surface area contributed by atoms with Gasteiger partial charge in [0.25, 0.3) is 0 Å². The quantitative estimate of drug-likeness (QED) is 0.356. The molecule has 2 aromatic carbocycles. The van der Waals surface area contributed by atoms with Crippen LogP contribution in [0.3, 0.4) is 0 Å². The average molecular weight is 423 g/mol. The number of H-pyrrole nitrogens is 1. The van der Waals surface area contributed by atoms with E-state index in [4.69, 9.17) is 9.84 Å². The maximum atomic E-state index is 13.3.